The van der Waals surface area contributed by atoms with E-state index in [9.17, 15) is 0 Å². The molecule has 0 radical (unpaired) electrons. The number of hydrogen-bond donors (Lipinski definition) is 1. The molecule has 1 saturated carbocycles. The third-order valence-corrected chi connectivity index (χ3v) is 4.31. The Hall–Kier alpha value is -1.09. The molecule has 3 unspecified atom stereocenters. The van der Waals surface area contributed by atoms with Crippen LogP contribution in [0.3, 0.4) is 0 Å². The third kappa shape index (κ3) is 1.73. The van der Waals surface area contributed by atoms with Crippen molar-refractivity contribution in [3.05, 3.63) is 24.5 Å². The van der Waals surface area contributed by atoms with Gasteiger partial charge < -0.3 is 10.1 Å². The average molecular weight is 232 g/mol. The van der Waals surface area contributed by atoms with Gasteiger partial charge in [0.25, 0.3) is 0 Å². The van der Waals surface area contributed by atoms with E-state index in [0.717, 1.165) is 12.3 Å². The Balaban J connectivity index is 1.75. The zero-order valence-electron chi connectivity index (χ0n) is 10.5. The number of nitrogens with one attached hydrogen (secondary N) is 1. The van der Waals surface area contributed by atoms with Crippen molar-refractivity contribution in [2.45, 2.75) is 38.8 Å². The minimum atomic E-state index is 0.223. The summed E-state index contributed by atoms with van der Waals surface area (Å²) in [5, 5.41) is 3.63. The topological polar surface area (TPSA) is 34.2 Å². The highest BCUT2D eigenvalue weighted by Crippen LogP contribution is 2.52. The molecule has 3 atom stereocenters. The number of aromatic nitrogens is 1. The smallest absolute Gasteiger partial charge is 0.0693 e. The SMILES string of the molecule is CC1(C)C(Nc2cccnc2)C2CCCOC21. The van der Waals surface area contributed by atoms with Crippen molar-refractivity contribution in [1.82, 2.24) is 4.98 Å². The van der Waals surface area contributed by atoms with Gasteiger partial charge in [-0.25, -0.2) is 0 Å². The molecule has 1 aromatic rings. The molecule has 0 spiro atoms. The monoisotopic (exact) mass is 232 g/mol. The summed E-state index contributed by atoms with van der Waals surface area (Å²) in [6.45, 7) is 5.53. The normalized spacial score (nSPS) is 34.6. The summed E-state index contributed by atoms with van der Waals surface area (Å²) < 4.78 is 5.90. The van der Waals surface area contributed by atoms with E-state index in [2.05, 4.69) is 30.2 Å². The number of anilines is 1. The van der Waals surface area contributed by atoms with Gasteiger partial charge in [-0.1, -0.05) is 13.8 Å². The Labute approximate surface area is 103 Å². The van der Waals surface area contributed by atoms with Crippen molar-refractivity contribution in [3.8, 4) is 0 Å². The van der Waals surface area contributed by atoms with Gasteiger partial charge in [0.05, 0.1) is 11.8 Å². The largest absolute Gasteiger partial charge is 0.380 e. The first-order chi connectivity index (χ1) is 8.19. The van der Waals surface area contributed by atoms with Crippen molar-refractivity contribution >= 4 is 5.69 Å². The molecule has 1 aliphatic carbocycles. The molecule has 0 bridgehead atoms. The second-order valence-electron chi connectivity index (χ2n) is 5.78. The predicted molar refractivity (Wildman–Crippen MR) is 67.9 cm³/mol. The van der Waals surface area contributed by atoms with E-state index in [4.69, 9.17) is 4.74 Å². The summed E-state index contributed by atoms with van der Waals surface area (Å²) in [7, 11) is 0. The van der Waals surface area contributed by atoms with Gasteiger partial charge in [-0.3, -0.25) is 4.98 Å². The highest BCUT2D eigenvalue weighted by Gasteiger charge is 2.57. The highest BCUT2D eigenvalue weighted by molar-refractivity contribution is 5.43. The highest BCUT2D eigenvalue weighted by atomic mass is 16.5. The average Bonchev–Trinajstić information content (AvgIpc) is 2.37. The van der Waals surface area contributed by atoms with Crippen molar-refractivity contribution < 1.29 is 4.74 Å². The molecule has 1 N–H and O–H groups in total. The first-order valence-corrected chi connectivity index (χ1v) is 6.48. The second-order valence-corrected chi connectivity index (χ2v) is 5.78. The summed E-state index contributed by atoms with van der Waals surface area (Å²) in [5.74, 6) is 0.666. The third-order valence-electron chi connectivity index (χ3n) is 4.31. The molecule has 17 heavy (non-hydrogen) atoms. The van der Waals surface area contributed by atoms with Crippen LogP contribution in [0.1, 0.15) is 26.7 Å². The Bertz CT molecular complexity index is 390. The molecule has 2 aliphatic rings. The number of rotatable bonds is 2. The van der Waals surface area contributed by atoms with Crippen molar-refractivity contribution in [2.75, 3.05) is 11.9 Å². The van der Waals surface area contributed by atoms with Gasteiger partial charge in [-0.2, -0.15) is 0 Å². The summed E-state index contributed by atoms with van der Waals surface area (Å²) >= 11 is 0. The molecule has 0 aromatic carbocycles. The van der Waals surface area contributed by atoms with Crippen LogP contribution in [0.4, 0.5) is 5.69 Å². The fraction of sp³-hybridized carbons (Fsp3) is 0.643. The van der Waals surface area contributed by atoms with Crippen LogP contribution in [-0.4, -0.2) is 23.7 Å². The van der Waals surface area contributed by atoms with Gasteiger partial charge in [-0.05, 0) is 25.0 Å². The maximum absolute atomic E-state index is 5.90. The second kappa shape index (κ2) is 3.98. The Morgan fingerprint density at radius 3 is 3.12 bits per heavy atom. The molecular weight excluding hydrogens is 212 g/mol. The molecule has 2 heterocycles. The Kier molecular flexibility index (Phi) is 2.58. The van der Waals surface area contributed by atoms with E-state index in [-0.39, 0.29) is 5.41 Å². The van der Waals surface area contributed by atoms with Gasteiger partial charge in [-0.15, -0.1) is 0 Å². The van der Waals surface area contributed by atoms with Gasteiger partial charge in [0, 0.05) is 36.4 Å². The molecule has 3 rings (SSSR count). The summed E-state index contributed by atoms with van der Waals surface area (Å²) in [6, 6.07) is 4.57. The van der Waals surface area contributed by atoms with E-state index in [1.54, 1.807) is 0 Å². The molecular formula is C14H20N2O. The molecule has 2 fully saturated rings. The fourth-order valence-electron chi connectivity index (χ4n) is 3.44. The number of nitrogens with zero attached hydrogens (tertiary/aromatic N) is 1. The van der Waals surface area contributed by atoms with Crippen LogP contribution in [-0.2, 0) is 4.74 Å². The number of fused-ring (bicyclic) bond motifs is 1. The molecule has 1 aromatic heterocycles. The van der Waals surface area contributed by atoms with Crippen LogP contribution in [0.15, 0.2) is 24.5 Å². The maximum atomic E-state index is 5.90. The van der Waals surface area contributed by atoms with E-state index < -0.39 is 0 Å². The summed E-state index contributed by atoms with van der Waals surface area (Å²) in [6.07, 6.45) is 6.62. The zero-order chi connectivity index (χ0) is 11.9. The van der Waals surface area contributed by atoms with Gasteiger partial charge >= 0.3 is 0 Å². The number of pyridine rings is 1. The minimum absolute atomic E-state index is 0.223. The molecule has 1 aliphatic heterocycles. The van der Waals surface area contributed by atoms with Crippen LogP contribution in [0.2, 0.25) is 0 Å². The molecule has 92 valence electrons. The van der Waals surface area contributed by atoms with Crippen molar-refractivity contribution in [1.29, 1.82) is 0 Å². The van der Waals surface area contributed by atoms with E-state index in [1.165, 1.54) is 12.8 Å². The maximum Gasteiger partial charge on any atom is 0.0693 e. The Morgan fingerprint density at radius 2 is 2.35 bits per heavy atom. The van der Waals surface area contributed by atoms with Crippen LogP contribution in [0.5, 0.6) is 0 Å². The summed E-state index contributed by atoms with van der Waals surface area (Å²) in [4.78, 5) is 4.15. The standard InChI is InChI=1S/C14H20N2O/c1-14(2)12(11-6-4-8-17-13(11)14)16-10-5-3-7-15-9-10/h3,5,7,9,11-13,16H,4,6,8H2,1-2H3. The van der Waals surface area contributed by atoms with E-state index in [0.29, 0.717) is 18.1 Å². The van der Waals surface area contributed by atoms with Crippen molar-refractivity contribution in [2.24, 2.45) is 11.3 Å². The lowest BCUT2D eigenvalue weighted by Gasteiger charge is -2.60. The first-order valence-electron chi connectivity index (χ1n) is 6.48. The van der Waals surface area contributed by atoms with Gasteiger partial charge in [0.2, 0.25) is 0 Å². The Morgan fingerprint density at radius 1 is 1.47 bits per heavy atom. The lowest BCUT2D eigenvalue weighted by Crippen LogP contribution is -2.67. The molecule has 1 saturated heterocycles. The quantitative estimate of drug-likeness (QED) is 0.851. The zero-order valence-corrected chi connectivity index (χ0v) is 10.5. The number of ether oxygens (including phenoxy) is 1. The van der Waals surface area contributed by atoms with Crippen molar-refractivity contribution in [3.63, 3.8) is 0 Å². The van der Waals surface area contributed by atoms with Crippen LogP contribution in [0, 0.1) is 11.3 Å². The number of hydrogen-bond acceptors (Lipinski definition) is 3. The molecule has 0 amide bonds. The van der Waals surface area contributed by atoms with Crippen LogP contribution >= 0.6 is 0 Å². The minimum Gasteiger partial charge on any atom is -0.380 e. The summed E-state index contributed by atoms with van der Waals surface area (Å²) in [5.41, 5.74) is 1.34. The predicted octanol–water partition coefficient (Wildman–Crippen LogP) is 2.70. The first kappa shape index (κ1) is 11.0. The van der Waals surface area contributed by atoms with Crippen LogP contribution < -0.4 is 5.32 Å². The van der Waals surface area contributed by atoms with Gasteiger partial charge in [0.15, 0.2) is 0 Å². The van der Waals surface area contributed by atoms with Crippen LogP contribution in [0.25, 0.3) is 0 Å². The lowest BCUT2D eigenvalue weighted by molar-refractivity contribution is -0.177. The van der Waals surface area contributed by atoms with Gasteiger partial charge in [0.1, 0.15) is 0 Å². The molecule has 3 heteroatoms. The lowest BCUT2D eigenvalue weighted by atomic mass is 9.55. The van der Waals surface area contributed by atoms with E-state index in [1.807, 2.05) is 18.5 Å². The molecule has 3 nitrogen and oxygen atoms in total. The fourth-order valence-corrected chi connectivity index (χ4v) is 3.44. The van der Waals surface area contributed by atoms with E-state index >= 15 is 0 Å².